The Hall–Kier alpha value is -5.45. The molecule has 400 valence electrons. The topological polar surface area (TPSA) is 125 Å². The van der Waals surface area contributed by atoms with Crippen molar-refractivity contribution in [2.45, 2.75) is 197 Å². The van der Waals surface area contributed by atoms with Crippen LogP contribution in [0, 0.1) is 5.41 Å². The molecule has 0 aliphatic rings. The molecule has 72 heavy (non-hydrogen) atoms. The van der Waals surface area contributed by atoms with Crippen LogP contribution in [0.5, 0.6) is 40.2 Å². The van der Waals surface area contributed by atoms with E-state index in [0.29, 0.717) is 84.9 Å². The monoisotopic (exact) mass is 999 g/mol. The molecular formula is C61H90O11. The number of rotatable bonds is 40. The zero-order valence-electron chi connectivity index (χ0n) is 45.5. The van der Waals surface area contributed by atoms with E-state index in [9.17, 15) is 14.4 Å². The fourth-order valence-corrected chi connectivity index (χ4v) is 7.46. The van der Waals surface area contributed by atoms with Gasteiger partial charge in [0.1, 0.15) is 18.1 Å². The zero-order chi connectivity index (χ0) is 52.2. The van der Waals surface area contributed by atoms with Crippen LogP contribution in [0.4, 0.5) is 0 Å². The fraction of sp³-hybridized carbons (Fsp3) is 0.590. The summed E-state index contributed by atoms with van der Waals surface area (Å²) in [5.41, 5.74) is 1.38. The van der Waals surface area contributed by atoms with E-state index in [1.54, 1.807) is 36.4 Å². The molecule has 3 aromatic carbocycles. The molecule has 0 atom stereocenters. The van der Waals surface area contributed by atoms with E-state index < -0.39 is 17.4 Å². The van der Waals surface area contributed by atoms with Gasteiger partial charge in [0.15, 0.2) is 23.0 Å². The van der Waals surface area contributed by atoms with Crippen LogP contribution >= 0.6 is 0 Å². The third kappa shape index (κ3) is 23.4. The Morgan fingerprint density at radius 3 is 1.22 bits per heavy atom. The Morgan fingerprint density at radius 1 is 0.431 bits per heavy atom. The van der Waals surface area contributed by atoms with Gasteiger partial charge >= 0.3 is 17.9 Å². The maximum Gasteiger partial charge on any atom is 0.336 e. The second kappa shape index (κ2) is 36.5. The number of carbonyl (C=O) groups excluding carboxylic acids is 3. The summed E-state index contributed by atoms with van der Waals surface area (Å²) in [6.45, 7) is 19.2. The highest BCUT2D eigenvalue weighted by Gasteiger charge is 2.28. The summed E-state index contributed by atoms with van der Waals surface area (Å²) in [5, 5.41) is 0. The van der Waals surface area contributed by atoms with Gasteiger partial charge < -0.3 is 37.9 Å². The van der Waals surface area contributed by atoms with Gasteiger partial charge in [-0.1, -0.05) is 150 Å². The summed E-state index contributed by atoms with van der Waals surface area (Å²) in [4.78, 5) is 39.5. The highest BCUT2D eigenvalue weighted by molar-refractivity contribution is 5.90. The van der Waals surface area contributed by atoms with Crippen molar-refractivity contribution in [3.8, 4) is 40.2 Å². The Balaban J connectivity index is 1.80. The predicted octanol–water partition coefficient (Wildman–Crippen LogP) is 16.2. The van der Waals surface area contributed by atoms with Gasteiger partial charge in [0.05, 0.1) is 38.4 Å². The number of ether oxygens (including phenoxy) is 8. The number of benzene rings is 3. The molecule has 0 fully saturated rings. The normalized spacial score (nSPS) is 11.5. The average Bonchev–Trinajstić information content (AvgIpc) is 3.38. The summed E-state index contributed by atoms with van der Waals surface area (Å²) in [6.07, 6.45) is 27.7. The molecular weight excluding hydrogens is 909 g/mol. The lowest BCUT2D eigenvalue weighted by Gasteiger charge is -2.22. The van der Waals surface area contributed by atoms with E-state index in [1.807, 2.05) is 45.0 Å². The standard InChI is InChI=1S/C61H90O11/c1-9-15-20-25-42-65-53-39-32-49(57(67-44-27-22-17-11-3)59(53)69-46-29-24-19-13-5)34-41-55(63)72-52-37-35-51(36-38-52)71-54(62)40-33-48-30-31-50(47-70-60(64)61(7,8)14-6)58(68-45-28-23-18-12-4)56(48)66-43-26-21-16-10-2/h30-41H,9-29,42-47H2,1-8H3. The van der Waals surface area contributed by atoms with Crippen molar-refractivity contribution in [1.82, 2.24) is 0 Å². The fourth-order valence-electron chi connectivity index (χ4n) is 7.46. The molecule has 0 heterocycles. The van der Waals surface area contributed by atoms with Crippen molar-refractivity contribution in [1.29, 1.82) is 0 Å². The van der Waals surface area contributed by atoms with Gasteiger partial charge in [0.2, 0.25) is 5.75 Å². The molecule has 3 rings (SSSR count). The molecule has 0 unspecified atom stereocenters. The second-order valence-corrected chi connectivity index (χ2v) is 19.1. The number of esters is 3. The summed E-state index contributed by atoms with van der Waals surface area (Å²) < 4.78 is 49.1. The Kier molecular flexibility index (Phi) is 30.8. The highest BCUT2D eigenvalue weighted by Crippen LogP contribution is 2.42. The van der Waals surface area contributed by atoms with Crippen LogP contribution in [0.25, 0.3) is 12.2 Å². The Labute approximate surface area is 433 Å². The average molecular weight is 999 g/mol. The molecule has 0 aliphatic heterocycles. The molecule has 0 saturated carbocycles. The molecule has 0 N–H and O–H groups in total. The summed E-state index contributed by atoms with van der Waals surface area (Å²) in [5.74, 6) is 1.83. The van der Waals surface area contributed by atoms with Gasteiger partial charge in [-0.25, -0.2) is 9.59 Å². The van der Waals surface area contributed by atoms with Crippen LogP contribution in [-0.2, 0) is 25.7 Å². The first kappa shape index (κ1) is 60.9. The lowest BCUT2D eigenvalue weighted by atomic mass is 9.91. The van der Waals surface area contributed by atoms with E-state index in [4.69, 9.17) is 37.9 Å². The van der Waals surface area contributed by atoms with Gasteiger partial charge in [-0.15, -0.1) is 0 Å². The first-order valence-corrected chi connectivity index (χ1v) is 27.5. The largest absolute Gasteiger partial charge is 0.490 e. The van der Waals surface area contributed by atoms with Crippen LogP contribution in [0.1, 0.15) is 207 Å². The van der Waals surface area contributed by atoms with Crippen LogP contribution in [0.3, 0.4) is 0 Å². The Morgan fingerprint density at radius 2 is 0.806 bits per heavy atom. The van der Waals surface area contributed by atoms with Crippen molar-refractivity contribution in [3.63, 3.8) is 0 Å². The van der Waals surface area contributed by atoms with Crippen molar-refractivity contribution >= 4 is 30.1 Å². The maximum atomic E-state index is 13.3. The van der Waals surface area contributed by atoms with E-state index in [2.05, 4.69) is 34.6 Å². The summed E-state index contributed by atoms with van der Waals surface area (Å²) in [6, 6.07) is 13.8. The quantitative estimate of drug-likeness (QED) is 0.0234. The molecule has 0 aromatic heterocycles. The second-order valence-electron chi connectivity index (χ2n) is 19.1. The van der Waals surface area contributed by atoms with Crippen LogP contribution < -0.4 is 33.2 Å². The van der Waals surface area contributed by atoms with Gasteiger partial charge in [-0.05, 0) is 101 Å². The third-order valence-electron chi connectivity index (χ3n) is 12.4. The molecule has 11 heteroatoms. The minimum atomic E-state index is -0.621. The summed E-state index contributed by atoms with van der Waals surface area (Å²) in [7, 11) is 0. The minimum absolute atomic E-state index is 0.0279. The van der Waals surface area contributed by atoms with E-state index in [-0.39, 0.29) is 24.1 Å². The molecule has 0 radical (unpaired) electrons. The summed E-state index contributed by atoms with van der Waals surface area (Å²) >= 11 is 0. The van der Waals surface area contributed by atoms with E-state index in [1.165, 1.54) is 12.2 Å². The minimum Gasteiger partial charge on any atom is -0.490 e. The SMILES string of the molecule is CCCCCCOc1ccc(C=CC(=O)Oc2ccc(OC(=O)C=Cc3ccc(COC(=O)C(C)(C)CC)c(OCCCCCC)c3OCCCCCC)cc2)c(OCCCCCC)c1OCCCCCC. The molecule has 0 amide bonds. The number of hydrogen-bond acceptors (Lipinski definition) is 11. The lowest BCUT2D eigenvalue weighted by Crippen LogP contribution is -2.25. The van der Waals surface area contributed by atoms with Gasteiger partial charge in [0, 0.05) is 28.8 Å². The van der Waals surface area contributed by atoms with E-state index >= 15 is 0 Å². The number of hydrogen-bond donors (Lipinski definition) is 0. The van der Waals surface area contributed by atoms with Crippen molar-refractivity contribution in [3.05, 3.63) is 77.4 Å². The Bertz CT molecular complexity index is 2050. The van der Waals surface area contributed by atoms with Crippen LogP contribution in [-0.4, -0.2) is 50.9 Å². The molecule has 11 nitrogen and oxygen atoms in total. The molecule has 0 spiro atoms. The molecule has 0 aliphatic carbocycles. The van der Waals surface area contributed by atoms with Crippen molar-refractivity contribution < 1.29 is 52.3 Å². The van der Waals surface area contributed by atoms with E-state index in [0.717, 1.165) is 128 Å². The number of unbranched alkanes of at least 4 members (excludes halogenated alkanes) is 15. The third-order valence-corrected chi connectivity index (χ3v) is 12.4. The first-order valence-electron chi connectivity index (χ1n) is 27.5. The van der Waals surface area contributed by atoms with Gasteiger partial charge in [-0.3, -0.25) is 4.79 Å². The van der Waals surface area contributed by atoms with Gasteiger partial charge in [0.25, 0.3) is 0 Å². The van der Waals surface area contributed by atoms with Crippen LogP contribution in [0.2, 0.25) is 0 Å². The van der Waals surface area contributed by atoms with Crippen molar-refractivity contribution in [2.75, 3.05) is 33.0 Å². The lowest BCUT2D eigenvalue weighted by molar-refractivity contribution is -0.155. The molecule has 3 aromatic rings. The first-order chi connectivity index (χ1) is 35.0. The van der Waals surface area contributed by atoms with Crippen molar-refractivity contribution in [2.24, 2.45) is 5.41 Å². The predicted molar refractivity (Wildman–Crippen MR) is 291 cm³/mol. The van der Waals surface area contributed by atoms with Crippen LogP contribution in [0.15, 0.2) is 60.7 Å². The van der Waals surface area contributed by atoms with Gasteiger partial charge in [-0.2, -0.15) is 0 Å². The zero-order valence-corrected chi connectivity index (χ0v) is 45.5. The molecule has 0 bridgehead atoms. The smallest absolute Gasteiger partial charge is 0.336 e. The molecule has 0 saturated heterocycles. The maximum absolute atomic E-state index is 13.3. The highest BCUT2D eigenvalue weighted by atomic mass is 16.6. The number of carbonyl (C=O) groups is 3.